The zero-order valence-corrected chi connectivity index (χ0v) is 21.1. The predicted molar refractivity (Wildman–Crippen MR) is 145 cm³/mol. The first-order valence-corrected chi connectivity index (χ1v) is 11.9. The molecule has 0 bridgehead atoms. The molecule has 8 nitrogen and oxygen atoms in total. The maximum Gasteiger partial charge on any atom is 0.338 e. The van der Waals surface area contributed by atoms with Crippen molar-refractivity contribution in [2.45, 2.75) is 13.5 Å². The highest BCUT2D eigenvalue weighted by atomic mass is 16.5. The van der Waals surface area contributed by atoms with Crippen LogP contribution in [0.4, 0.5) is 17.1 Å². The van der Waals surface area contributed by atoms with Crippen LogP contribution in [0.3, 0.4) is 0 Å². The Bertz CT molecular complexity index is 1450. The first-order chi connectivity index (χ1) is 17.8. The van der Waals surface area contributed by atoms with Crippen LogP contribution in [0.5, 0.6) is 0 Å². The highest BCUT2D eigenvalue weighted by Crippen LogP contribution is 2.25. The molecule has 37 heavy (non-hydrogen) atoms. The van der Waals surface area contributed by atoms with Crippen molar-refractivity contribution in [3.8, 4) is 0 Å². The van der Waals surface area contributed by atoms with Crippen LogP contribution in [0.15, 0.2) is 88.1 Å². The fourth-order valence-corrected chi connectivity index (χ4v) is 3.94. The zero-order chi connectivity index (χ0) is 26.4. The molecule has 0 aliphatic heterocycles. The Kier molecular flexibility index (Phi) is 7.88. The van der Waals surface area contributed by atoms with E-state index in [9.17, 15) is 14.4 Å². The summed E-state index contributed by atoms with van der Waals surface area (Å²) >= 11 is 0. The van der Waals surface area contributed by atoms with Crippen LogP contribution < -0.4 is 20.7 Å². The second-order valence-electron chi connectivity index (χ2n) is 8.72. The number of ether oxygens (including phenoxy) is 1. The van der Waals surface area contributed by atoms with E-state index in [0.29, 0.717) is 34.3 Å². The fraction of sp³-hybridized carbons (Fsp3) is 0.207. The van der Waals surface area contributed by atoms with E-state index in [4.69, 9.17) is 9.15 Å². The van der Waals surface area contributed by atoms with E-state index in [0.717, 1.165) is 11.4 Å². The second-order valence-corrected chi connectivity index (χ2v) is 8.72. The number of carbonyl (C=O) groups excluding carboxylic acids is 2. The number of nitrogens with one attached hydrogen (secondary N) is 1. The summed E-state index contributed by atoms with van der Waals surface area (Å²) in [5.41, 5.74) is 3.28. The summed E-state index contributed by atoms with van der Waals surface area (Å²) in [5, 5.41) is 3.58. The summed E-state index contributed by atoms with van der Waals surface area (Å²) in [6.07, 6.45) is 0. The van der Waals surface area contributed by atoms with Gasteiger partial charge >= 0.3 is 11.6 Å². The van der Waals surface area contributed by atoms with Gasteiger partial charge in [0.05, 0.1) is 12.1 Å². The molecule has 1 aromatic heterocycles. The molecule has 3 aromatic carbocycles. The third kappa shape index (κ3) is 6.35. The average Bonchev–Trinajstić information content (AvgIpc) is 2.90. The Balaban J connectivity index is 1.48. The molecule has 0 atom stereocenters. The Morgan fingerprint density at radius 1 is 0.919 bits per heavy atom. The number of nitrogens with zero attached hydrogens (tertiary/aromatic N) is 2. The molecule has 0 fully saturated rings. The van der Waals surface area contributed by atoms with Gasteiger partial charge in [0, 0.05) is 60.8 Å². The van der Waals surface area contributed by atoms with Crippen molar-refractivity contribution in [2.24, 2.45) is 0 Å². The van der Waals surface area contributed by atoms with Gasteiger partial charge in [-0.2, -0.15) is 0 Å². The topological polar surface area (TPSA) is 92.1 Å². The van der Waals surface area contributed by atoms with Gasteiger partial charge < -0.3 is 24.3 Å². The quantitative estimate of drug-likeness (QED) is 0.264. The lowest BCUT2D eigenvalue weighted by atomic mass is 10.1. The van der Waals surface area contributed by atoms with Crippen molar-refractivity contribution in [2.75, 3.05) is 42.3 Å². The van der Waals surface area contributed by atoms with Gasteiger partial charge in [0.25, 0.3) is 0 Å². The van der Waals surface area contributed by atoms with Gasteiger partial charge in [-0.3, -0.25) is 4.79 Å². The third-order valence-electron chi connectivity index (χ3n) is 5.93. The lowest BCUT2D eigenvalue weighted by molar-refractivity contribution is -0.115. The minimum atomic E-state index is -0.544. The van der Waals surface area contributed by atoms with E-state index in [1.165, 1.54) is 6.07 Å². The minimum absolute atomic E-state index is 0.0678. The van der Waals surface area contributed by atoms with Crippen LogP contribution in [0, 0.1) is 0 Å². The highest BCUT2D eigenvalue weighted by Gasteiger charge is 2.15. The standard InChI is InChI=1S/C29H29N3O5/c1-4-32(18-27(33)30-22-10-12-23(13-11-22)31(2)3)24-14-15-25-21(16-28(34)37-26(25)17-24)19-36-29(35)20-8-6-5-7-9-20/h5-17H,4,18-19H2,1-3H3,(H,30,33). The Morgan fingerprint density at radius 3 is 2.30 bits per heavy atom. The van der Waals surface area contributed by atoms with Gasteiger partial charge in [-0.25, -0.2) is 9.59 Å². The summed E-state index contributed by atoms with van der Waals surface area (Å²) in [5.74, 6) is -0.638. The number of hydrogen-bond acceptors (Lipinski definition) is 7. The van der Waals surface area contributed by atoms with E-state index in [-0.39, 0.29) is 19.1 Å². The van der Waals surface area contributed by atoms with Crippen LogP contribution in [0.1, 0.15) is 22.8 Å². The fourth-order valence-electron chi connectivity index (χ4n) is 3.94. The zero-order valence-electron chi connectivity index (χ0n) is 21.1. The van der Waals surface area contributed by atoms with Gasteiger partial charge in [-0.1, -0.05) is 18.2 Å². The number of likely N-dealkylation sites (N-methyl/N-ethyl adjacent to an activating group) is 1. The minimum Gasteiger partial charge on any atom is -0.457 e. The molecular formula is C29H29N3O5. The van der Waals surface area contributed by atoms with Crippen LogP contribution in [0.2, 0.25) is 0 Å². The summed E-state index contributed by atoms with van der Waals surface area (Å²) in [7, 11) is 3.91. The van der Waals surface area contributed by atoms with E-state index in [1.807, 2.05) is 67.2 Å². The smallest absolute Gasteiger partial charge is 0.338 e. The SMILES string of the molecule is CCN(CC(=O)Nc1ccc(N(C)C)cc1)c1ccc2c(COC(=O)c3ccccc3)cc(=O)oc2c1. The van der Waals surface area contributed by atoms with Gasteiger partial charge in [0.1, 0.15) is 12.2 Å². The molecule has 1 N–H and O–H groups in total. The molecule has 0 saturated heterocycles. The molecule has 4 rings (SSSR count). The van der Waals surface area contributed by atoms with Crippen molar-refractivity contribution in [3.63, 3.8) is 0 Å². The maximum atomic E-state index is 12.7. The second kappa shape index (κ2) is 11.4. The van der Waals surface area contributed by atoms with Crippen molar-refractivity contribution in [3.05, 3.63) is 100 Å². The van der Waals surface area contributed by atoms with Crippen LogP contribution in [0.25, 0.3) is 11.0 Å². The molecule has 0 aliphatic rings. The number of anilines is 3. The van der Waals surface area contributed by atoms with E-state index in [1.54, 1.807) is 36.4 Å². The number of hydrogen-bond donors (Lipinski definition) is 1. The van der Waals surface area contributed by atoms with Crippen LogP contribution in [-0.2, 0) is 16.1 Å². The summed E-state index contributed by atoms with van der Waals surface area (Å²) in [6.45, 7) is 2.56. The number of rotatable bonds is 9. The van der Waals surface area contributed by atoms with Gasteiger partial charge in [-0.05, 0) is 55.5 Å². The van der Waals surface area contributed by atoms with Gasteiger partial charge in [-0.15, -0.1) is 0 Å². The maximum absolute atomic E-state index is 12.7. The van der Waals surface area contributed by atoms with Gasteiger partial charge in [0.15, 0.2) is 0 Å². The first kappa shape index (κ1) is 25.5. The number of benzene rings is 3. The van der Waals surface area contributed by atoms with Crippen molar-refractivity contribution in [1.29, 1.82) is 0 Å². The van der Waals surface area contributed by atoms with Crippen LogP contribution in [-0.4, -0.2) is 39.1 Å². The lowest BCUT2D eigenvalue weighted by Gasteiger charge is -2.23. The lowest BCUT2D eigenvalue weighted by Crippen LogP contribution is -2.33. The average molecular weight is 500 g/mol. The van der Waals surface area contributed by atoms with Crippen molar-refractivity contribution in [1.82, 2.24) is 0 Å². The third-order valence-corrected chi connectivity index (χ3v) is 5.93. The molecule has 0 spiro atoms. The Hall–Kier alpha value is -4.59. The summed E-state index contributed by atoms with van der Waals surface area (Å²) in [4.78, 5) is 41.2. The molecule has 1 amide bonds. The number of fused-ring (bicyclic) bond motifs is 1. The predicted octanol–water partition coefficient (Wildman–Crippen LogP) is 4.68. The molecule has 0 radical (unpaired) electrons. The molecule has 1 heterocycles. The normalized spacial score (nSPS) is 10.7. The molecule has 0 saturated carbocycles. The molecule has 8 heteroatoms. The summed E-state index contributed by atoms with van der Waals surface area (Å²) < 4.78 is 10.9. The monoisotopic (exact) mass is 499 g/mol. The number of amides is 1. The molecule has 190 valence electrons. The molecule has 4 aromatic rings. The van der Waals surface area contributed by atoms with Crippen molar-refractivity contribution >= 4 is 39.9 Å². The van der Waals surface area contributed by atoms with Crippen LogP contribution >= 0.6 is 0 Å². The Morgan fingerprint density at radius 2 is 1.62 bits per heavy atom. The summed E-state index contributed by atoms with van der Waals surface area (Å²) in [6, 6.07) is 23.0. The first-order valence-electron chi connectivity index (χ1n) is 11.9. The highest BCUT2D eigenvalue weighted by molar-refractivity contribution is 5.95. The van der Waals surface area contributed by atoms with E-state index < -0.39 is 11.6 Å². The molecule has 0 unspecified atom stereocenters. The molecule has 0 aliphatic carbocycles. The van der Waals surface area contributed by atoms with E-state index >= 15 is 0 Å². The number of carbonyl (C=O) groups is 2. The van der Waals surface area contributed by atoms with Gasteiger partial charge in [0.2, 0.25) is 5.91 Å². The number of esters is 1. The van der Waals surface area contributed by atoms with E-state index in [2.05, 4.69) is 5.32 Å². The Labute approximate surface area is 215 Å². The molecular weight excluding hydrogens is 470 g/mol. The largest absolute Gasteiger partial charge is 0.457 e. The van der Waals surface area contributed by atoms with Crippen molar-refractivity contribution < 1.29 is 18.7 Å².